The summed E-state index contributed by atoms with van der Waals surface area (Å²) in [6, 6.07) is 8.27. The first-order valence-corrected chi connectivity index (χ1v) is 4.07. The van der Waals surface area contributed by atoms with Gasteiger partial charge in [0.1, 0.15) is 11.4 Å². The fourth-order valence-corrected chi connectivity index (χ4v) is 1.28. The number of aromatic nitrogens is 1. The number of amides is 1. The normalized spacial score (nSPS) is 9.60. The van der Waals surface area contributed by atoms with Crippen molar-refractivity contribution in [3.05, 3.63) is 36.0 Å². The highest BCUT2D eigenvalue weighted by molar-refractivity contribution is 5.95. The van der Waals surface area contributed by atoms with Gasteiger partial charge in [0.2, 0.25) is 0 Å². The van der Waals surface area contributed by atoms with Gasteiger partial charge in [0.15, 0.2) is 0 Å². The van der Waals surface area contributed by atoms with Gasteiger partial charge in [-0.2, -0.15) is 0 Å². The molecular formula is C10H9ClN2O2. The molecule has 2 rings (SSSR count). The van der Waals surface area contributed by atoms with Crippen molar-refractivity contribution in [3.8, 4) is 5.75 Å². The van der Waals surface area contributed by atoms with E-state index >= 15 is 0 Å². The summed E-state index contributed by atoms with van der Waals surface area (Å²) in [6.45, 7) is 0. The number of carbonyl (C=O) groups excluding carboxylic acids is 1. The van der Waals surface area contributed by atoms with Gasteiger partial charge in [0.05, 0.1) is 5.52 Å². The Bertz CT molecular complexity index is 514. The van der Waals surface area contributed by atoms with E-state index in [4.69, 9.17) is 5.73 Å². The molecule has 15 heavy (non-hydrogen) atoms. The second-order valence-corrected chi connectivity index (χ2v) is 2.91. The number of benzene rings is 1. The van der Waals surface area contributed by atoms with E-state index in [-0.39, 0.29) is 23.9 Å². The lowest BCUT2D eigenvalue weighted by Crippen LogP contribution is -2.12. The summed E-state index contributed by atoms with van der Waals surface area (Å²) in [7, 11) is 0. The number of nitrogens with zero attached hydrogens (tertiary/aromatic N) is 1. The number of nitrogens with two attached hydrogens (primary N) is 1. The lowest BCUT2D eigenvalue weighted by molar-refractivity contribution is 0.0995. The third-order valence-electron chi connectivity index (χ3n) is 1.95. The Labute approximate surface area is 92.1 Å². The number of pyridine rings is 1. The number of rotatable bonds is 1. The minimum atomic E-state index is -0.647. The van der Waals surface area contributed by atoms with E-state index in [9.17, 15) is 9.90 Å². The zero-order valence-electron chi connectivity index (χ0n) is 7.68. The smallest absolute Gasteiger partial charge is 0.267 e. The highest BCUT2D eigenvalue weighted by Gasteiger charge is 2.07. The van der Waals surface area contributed by atoms with Crippen molar-refractivity contribution in [3.63, 3.8) is 0 Å². The van der Waals surface area contributed by atoms with Crippen LogP contribution in [0.1, 0.15) is 10.5 Å². The summed E-state index contributed by atoms with van der Waals surface area (Å²) in [5.41, 5.74) is 5.69. The summed E-state index contributed by atoms with van der Waals surface area (Å²) in [4.78, 5) is 14.8. The molecule has 0 spiro atoms. The molecule has 0 aliphatic rings. The van der Waals surface area contributed by atoms with Gasteiger partial charge >= 0.3 is 0 Å². The first-order chi connectivity index (χ1) is 6.68. The summed E-state index contributed by atoms with van der Waals surface area (Å²) in [5.74, 6) is -0.629. The number of hydrogen-bond donors (Lipinski definition) is 2. The first kappa shape index (κ1) is 11.3. The van der Waals surface area contributed by atoms with Gasteiger partial charge in [-0.3, -0.25) is 4.79 Å². The lowest BCUT2D eigenvalue weighted by atomic mass is 10.2. The minimum Gasteiger partial charge on any atom is -0.507 e. The Morgan fingerprint density at radius 2 is 2.00 bits per heavy atom. The molecule has 1 heterocycles. The highest BCUT2D eigenvalue weighted by Crippen LogP contribution is 2.23. The molecule has 1 aromatic carbocycles. The fraction of sp³-hybridized carbons (Fsp3) is 0. The third-order valence-corrected chi connectivity index (χ3v) is 1.95. The number of aromatic hydroxyl groups is 1. The number of primary amides is 1. The second kappa shape index (κ2) is 4.14. The Morgan fingerprint density at radius 3 is 2.67 bits per heavy atom. The van der Waals surface area contributed by atoms with Crippen LogP contribution >= 0.6 is 12.4 Å². The van der Waals surface area contributed by atoms with Crippen LogP contribution in [0.25, 0.3) is 10.9 Å². The fourth-order valence-electron chi connectivity index (χ4n) is 1.28. The third kappa shape index (κ3) is 1.99. The average molecular weight is 225 g/mol. The topological polar surface area (TPSA) is 76.2 Å². The van der Waals surface area contributed by atoms with Crippen molar-refractivity contribution >= 4 is 29.2 Å². The molecule has 0 saturated carbocycles. The van der Waals surface area contributed by atoms with Crippen LogP contribution in [0.2, 0.25) is 0 Å². The molecule has 0 aliphatic carbocycles. The van der Waals surface area contributed by atoms with Crippen LogP contribution in [0.3, 0.4) is 0 Å². The number of carbonyl (C=O) groups is 1. The quantitative estimate of drug-likeness (QED) is 0.770. The maximum Gasteiger partial charge on any atom is 0.267 e. The Hall–Kier alpha value is -1.81. The molecule has 5 heteroatoms. The molecule has 4 nitrogen and oxygen atoms in total. The molecule has 0 bridgehead atoms. The van der Waals surface area contributed by atoms with E-state index in [2.05, 4.69) is 4.98 Å². The van der Waals surface area contributed by atoms with Crippen LogP contribution in [-0.2, 0) is 0 Å². The molecule has 1 amide bonds. The molecule has 3 N–H and O–H groups in total. The van der Waals surface area contributed by atoms with Gasteiger partial charge in [-0.05, 0) is 12.1 Å². The van der Waals surface area contributed by atoms with Crippen molar-refractivity contribution in [1.82, 2.24) is 4.98 Å². The van der Waals surface area contributed by atoms with Crippen molar-refractivity contribution in [1.29, 1.82) is 0 Å². The molecule has 0 saturated heterocycles. The number of fused-ring (bicyclic) bond motifs is 1. The van der Waals surface area contributed by atoms with Crippen LogP contribution in [-0.4, -0.2) is 16.0 Å². The van der Waals surface area contributed by atoms with E-state index in [0.29, 0.717) is 10.9 Å². The predicted octanol–water partition coefficient (Wildman–Crippen LogP) is 1.46. The van der Waals surface area contributed by atoms with Crippen LogP contribution in [0, 0.1) is 0 Å². The molecule has 1 aromatic heterocycles. The first-order valence-electron chi connectivity index (χ1n) is 4.07. The standard InChI is InChI=1S/C10H8N2O2.ClH/c11-10(14)8-5-9(13)6-3-1-2-4-7(6)12-8;/h1-5H,(H2,11,14)(H,12,13);1H. The molecule has 0 aliphatic heterocycles. The Balaban J connectivity index is 0.00000112. The molecule has 2 aromatic rings. The minimum absolute atomic E-state index is 0. The second-order valence-electron chi connectivity index (χ2n) is 2.91. The zero-order chi connectivity index (χ0) is 10.1. The van der Waals surface area contributed by atoms with Crippen molar-refractivity contribution in [2.45, 2.75) is 0 Å². The Morgan fingerprint density at radius 1 is 1.33 bits per heavy atom. The summed E-state index contributed by atoms with van der Waals surface area (Å²) in [5, 5.41) is 10.2. The van der Waals surface area contributed by atoms with Crippen molar-refractivity contribution in [2.24, 2.45) is 5.73 Å². The lowest BCUT2D eigenvalue weighted by Gasteiger charge is -2.01. The van der Waals surface area contributed by atoms with Crippen LogP contribution in [0.4, 0.5) is 0 Å². The molecule has 78 valence electrons. The largest absolute Gasteiger partial charge is 0.507 e. The predicted molar refractivity (Wildman–Crippen MR) is 59.2 cm³/mol. The van der Waals surface area contributed by atoms with E-state index < -0.39 is 5.91 Å². The molecule has 0 unspecified atom stereocenters. The van der Waals surface area contributed by atoms with E-state index in [1.807, 2.05) is 0 Å². The van der Waals surface area contributed by atoms with Crippen molar-refractivity contribution in [2.75, 3.05) is 0 Å². The SMILES string of the molecule is Cl.NC(=O)c1cc(O)c2ccccc2n1. The van der Waals surface area contributed by atoms with Crippen LogP contribution < -0.4 is 5.73 Å². The maximum atomic E-state index is 10.8. The van der Waals surface area contributed by atoms with Gasteiger partial charge in [0.25, 0.3) is 5.91 Å². The van der Waals surface area contributed by atoms with Gasteiger partial charge < -0.3 is 10.8 Å². The molecule has 0 atom stereocenters. The zero-order valence-corrected chi connectivity index (χ0v) is 8.49. The molecule has 0 radical (unpaired) electrons. The Kier molecular flexibility index (Phi) is 3.11. The van der Waals surface area contributed by atoms with Gasteiger partial charge in [-0.25, -0.2) is 4.98 Å². The average Bonchev–Trinajstić information content (AvgIpc) is 2.17. The molecular weight excluding hydrogens is 216 g/mol. The molecule has 0 fully saturated rings. The summed E-state index contributed by atoms with van der Waals surface area (Å²) >= 11 is 0. The highest BCUT2D eigenvalue weighted by atomic mass is 35.5. The van der Waals surface area contributed by atoms with Gasteiger partial charge in [-0.1, -0.05) is 12.1 Å². The number of para-hydroxylation sites is 1. The monoisotopic (exact) mass is 224 g/mol. The van der Waals surface area contributed by atoms with Gasteiger partial charge in [0, 0.05) is 11.5 Å². The van der Waals surface area contributed by atoms with Crippen molar-refractivity contribution < 1.29 is 9.90 Å². The number of halogens is 1. The van der Waals surface area contributed by atoms with E-state index in [0.717, 1.165) is 0 Å². The van der Waals surface area contributed by atoms with E-state index in [1.54, 1.807) is 24.3 Å². The number of hydrogen-bond acceptors (Lipinski definition) is 3. The van der Waals surface area contributed by atoms with Gasteiger partial charge in [-0.15, -0.1) is 12.4 Å². The summed E-state index contributed by atoms with van der Waals surface area (Å²) < 4.78 is 0. The summed E-state index contributed by atoms with van der Waals surface area (Å²) in [6.07, 6.45) is 0. The maximum absolute atomic E-state index is 10.8. The van der Waals surface area contributed by atoms with Crippen LogP contribution in [0.15, 0.2) is 30.3 Å². The van der Waals surface area contributed by atoms with E-state index in [1.165, 1.54) is 6.07 Å². The van der Waals surface area contributed by atoms with Crippen LogP contribution in [0.5, 0.6) is 5.75 Å².